The number of hydrogen-bond acceptors (Lipinski definition) is 3. The number of alkyl halides is 1. The summed E-state index contributed by atoms with van der Waals surface area (Å²) >= 11 is 3.69. The van der Waals surface area contributed by atoms with Crippen LogP contribution in [0.3, 0.4) is 0 Å². The third-order valence-electron chi connectivity index (χ3n) is 3.53. The quantitative estimate of drug-likeness (QED) is 0.740. The minimum atomic E-state index is 0.627. The van der Waals surface area contributed by atoms with E-state index in [0.717, 1.165) is 25.9 Å². The first-order valence-electron chi connectivity index (χ1n) is 6.06. The Bertz CT molecular complexity index is 394. The molecule has 1 fully saturated rings. The van der Waals surface area contributed by atoms with Gasteiger partial charge in [-0.2, -0.15) is 0 Å². The summed E-state index contributed by atoms with van der Waals surface area (Å²) in [6, 6.07) is 0. The highest BCUT2D eigenvalue weighted by Gasteiger charge is 2.25. The Labute approximate surface area is 104 Å². The summed E-state index contributed by atoms with van der Waals surface area (Å²) < 4.78 is 0. The fourth-order valence-corrected chi connectivity index (χ4v) is 3.24. The lowest BCUT2D eigenvalue weighted by Crippen LogP contribution is -2.24. The van der Waals surface area contributed by atoms with E-state index in [0.29, 0.717) is 4.83 Å². The second-order valence-corrected chi connectivity index (χ2v) is 5.96. The van der Waals surface area contributed by atoms with Crippen molar-refractivity contribution >= 4 is 21.7 Å². The average Bonchev–Trinajstić information content (AvgIpc) is 2.75. The van der Waals surface area contributed by atoms with Crippen LogP contribution in [0.25, 0.3) is 0 Å². The molecule has 0 radical (unpaired) electrons. The Morgan fingerprint density at radius 3 is 2.94 bits per heavy atom. The molecule has 1 unspecified atom stereocenters. The Balaban J connectivity index is 1.94. The summed E-state index contributed by atoms with van der Waals surface area (Å²) in [7, 11) is 0. The number of hydrogen-bond donors (Lipinski definition) is 0. The number of rotatable bonds is 1. The van der Waals surface area contributed by atoms with Gasteiger partial charge in [0.25, 0.3) is 0 Å². The highest BCUT2D eigenvalue weighted by molar-refractivity contribution is 9.09. The molecule has 0 amide bonds. The van der Waals surface area contributed by atoms with Crippen molar-refractivity contribution in [2.75, 3.05) is 18.0 Å². The summed E-state index contributed by atoms with van der Waals surface area (Å²) in [6.07, 6.45) is 7.83. The summed E-state index contributed by atoms with van der Waals surface area (Å²) in [6.45, 7) is 2.21. The molecule has 1 aromatic rings. The van der Waals surface area contributed by atoms with Crippen molar-refractivity contribution in [3.8, 4) is 0 Å². The van der Waals surface area contributed by atoms with Crippen LogP contribution in [-0.4, -0.2) is 27.9 Å². The SMILES string of the molecule is BrC1CCN(c2ncnc3c2CCCC3)C1. The molecule has 0 saturated carbocycles. The minimum absolute atomic E-state index is 0.627. The first-order valence-corrected chi connectivity index (χ1v) is 6.98. The number of nitrogens with zero attached hydrogens (tertiary/aromatic N) is 3. The molecule has 2 heterocycles. The van der Waals surface area contributed by atoms with Crippen molar-refractivity contribution in [3.05, 3.63) is 17.6 Å². The molecule has 1 atom stereocenters. The summed E-state index contributed by atoms with van der Waals surface area (Å²) in [5.74, 6) is 1.20. The Morgan fingerprint density at radius 2 is 2.12 bits per heavy atom. The van der Waals surface area contributed by atoms with Crippen LogP contribution in [0.1, 0.15) is 30.5 Å². The zero-order chi connectivity index (χ0) is 11.0. The summed E-state index contributed by atoms with van der Waals surface area (Å²) in [5, 5.41) is 0. The van der Waals surface area contributed by atoms with Crippen LogP contribution in [0, 0.1) is 0 Å². The van der Waals surface area contributed by atoms with E-state index >= 15 is 0 Å². The monoisotopic (exact) mass is 281 g/mol. The van der Waals surface area contributed by atoms with Crippen molar-refractivity contribution in [1.29, 1.82) is 0 Å². The standard InChI is InChI=1S/C12H16BrN3/c13-9-5-6-16(7-9)12-10-3-1-2-4-11(10)14-8-15-12/h8-9H,1-7H2. The molecule has 3 nitrogen and oxygen atoms in total. The molecule has 0 aromatic carbocycles. The normalized spacial score (nSPS) is 24.6. The van der Waals surface area contributed by atoms with E-state index in [1.165, 1.54) is 36.3 Å². The topological polar surface area (TPSA) is 29.0 Å². The molecule has 0 bridgehead atoms. The molecule has 1 aliphatic heterocycles. The highest BCUT2D eigenvalue weighted by Crippen LogP contribution is 2.30. The lowest BCUT2D eigenvalue weighted by atomic mass is 9.96. The maximum absolute atomic E-state index is 4.50. The van der Waals surface area contributed by atoms with Gasteiger partial charge in [0, 0.05) is 29.2 Å². The minimum Gasteiger partial charge on any atom is -0.355 e. The van der Waals surface area contributed by atoms with E-state index < -0.39 is 0 Å². The van der Waals surface area contributed by atoms with Gasteiger partial charge >= 0.3 is 0 Å². The van der Waals surface area contributed by atoms with Gasteiger partial charge in [0.2, 0.25) is 0 Å². The molecular formula is C12H16BrN3. The van der Waals surface area contributed by atoms with E-state index in [1.807, 2.05) is 0 Å². The zero-order valence-corrected chi connectivity index (χ0v) is 10.9. The Hall–Kier alpha value is -0.640. The Morgan fingerprint density at radius 1 is 1.25 bits per heavy atom. The maximum Gasteiger partial charge on any atom is 0.135 e. The van der Waals surface area contributed by atoms with Gasteiger partial charge in [-0.1, -0.05) is 15.9 Å². The largest absolute Gasteiger partial charge is 0.355 e. The predicted octanol–water partition coefficient (Wildman–Crippen LogP) is 2.33. The van der Waals surface area contributed by atoms with E-state index in [4.69, 9.17) is 0 Å². The molecular weight excluding hydrogens is 266 g/mol. The average molecular weight is 282 g/mol. The number of aromatic nitrogens is 2. The zero-order valence-electron chi connectivity index (χ0n) is 9.32. The van der Waals surface area contributed by atoms with Crippen molar-refractivity contribution in [3.63, 3.8) is 0 Å². The van der Waals surface area contributed by atoms with Gasteiger partial charge in [-0.25, -0.2) is 9.97 Å². The third kappa shape index (κ3) is 1.83. The van der Waals surface area contributed by atoms with Crippen LogP contribution in [-0.2, 0) is 12.8 Å². The number of halogens is 1. The van der Waals surface area contributed by atoms with E-state index in [-0.39, 0.29) is 0 Å². The lowest BCUT2D eigenvalue weighted by molar-refractivity contribution is 0.658. The van der Waals surface area contributed by atoms with Gasteiger partial charge < -0.3 is 4.90 Å². The van der Waals surface area contributed by atoms with Crippen LogP contribution >= 0.6 is 15.9 Å². The van der Waals surface area contributed by atoms with Crippen molar-refractivity contribution < 1.29 is 0 Å². The van der Waals surface area contributed by atoms with E-state index in [2.05, 4.69) is 30.8 Å². The van der Waals surface area contributed by atoms with Crippen molar-refractivity contribution in [1.82, 2.24) is 9.97 Å². The second kappa shape index (κ2) is 4.32. The van der Waals surface area contributed by atoms with Gasteiger partial charge in [0.15, 0.2) is 0 Å². The fourth-order valence-electron chi connectivity index (χ4n) is 2.69. The van der Waals surface area contributed by atoms with E-state index in [1.54, 1.807) is 6.33 Å². The Kier molecular flexibility index (Phi) is 2.84. The molecule has 0 spiro atoms. The molecule has 86 valence electrons. The third-order valence-corrected chi connectivity index (χ3v) is 4.28. The molecule has 16 heavy (non-hydrogen) atoms. The van der Waals surface area contributed by atoms with Gasteiger partial charge in [-0.15, -0.1) is 0 Å². The summed E-state index contributed by atoms with van der Waals surface area (Å²) in [5.41, 5.74) is 2.70. The fraction of sp³-hybridized carbons (Fsp3) is 0.667. The van der Waals surface area contributed by atoms with Crippen LogP contribution < -0.4 is 4.90 Å². The molecule has 1 aliphatic carbocycles. The molecule has 0 N–H and O–H groups in total. The highest BCUT2D eigenvalue weighted by atomic mass is 79.9. The van der Waals surface area contributed by atoms with Gasteiger partial charge in [-0.05, 0) is 32.1 Å². The molecule has 4 heteroatoms. The predicted molar refractivity (Wildman–Crippen MR) is 68.2 cm³/mol. The van der Waals surface area contributed by atoms with E-state index in [9.17, 15) is 0 Å². The number of aryl methyl sites for hydroxylation is 1. The van der Waals surface area contributed by atoms with Crippen LogP contribution in [0.2, 0.25) is 0 Å². The number of fused-ring (bicyclic) bond motifs is 1. The molecule has 1 aromatic heterocycles. The van der Waals surface area contributed by atoms with Gasteiger partial charge in [0.05, 0.1) is 0 Å². The van der Waals surface area contributed by atoms with Crippen molar-refractivity contribution in [2.45, 2.75) is 36.9 Å². The maximum atomic E-state index is 4.50. The molecule has 2 aliphatic rings. The van der Waals surface area contributed by atoms with Crippen molar-refractivity contribution in [2.24, 2.45) is 0 Å². The van der Waals surface area contributed by atoms with Crippen LogP contribution in [0.5, 0.6) is 0 Å². The molecule has 3 rings (SSSR count). The van der Waals surface area contributed by atoms with Gasteiger partial charge in [0.1, 0.15) is 12.1 Å². The first kappa shape index (κ1) is 10.5. The first-order chi connectivity index (χ1) is 7.84. The second-order valence-electron chi connectivity index (χ2n) is 4.66. The lowest BCUT2D eigenvalue weighted by Gasteiger charge is -2.23. The summed E-state index contributed by atoms with van der Waals surface area (Å²) in [4.78, 5) is 12.0. The smallest absolute Gasteiger partial charge is 0.135 e. The number of anilines is 1. The van der Waals surface area contributed by atoms with Gasteiger partial charge in [-0.3, -0.25) is 0 Å². The molecule has 1 saturated heterocycles. The van der Waals surface area contributed by atoms with Crippen LogP contribution in [0.4, 0.5) is 5.82 Å². The van der Waals surface area contributed by atoms with Crippen LogP contribution in [0.15, 0.2) is 6.33 Å².